The van der Waals surface area contributed by atoms with Crippen LogP contribution in [0.5, 0.6) is 0 Å². The Hall–Kier alpha value is -1.59. The molecule has 1 unspecified atom stereocenters. The topological polar surface area (TPSA) is 78.9 Å². The Balaban J connectivity index is 4.28. The van der Waals surface area contributed by atoms with Gasteiger partial charge in [0.25, 0.3) is 0 Å². The lowest BCUT2D eigenvalue weighted by molar-refractivity contribution is -0.167. The number of carbonyl (C=O) groups is 3. The van der Waals surface area contributed by atoms with Gasteiger partial charge in [0.2, 0.25) is 0 Å². The standard InChI is InChI=1S/C56H108O6/c1-7-52(6)44-38-32-26-19-15-10-8-9-11-16-20-27-33-39-45-54(57)60-48-53(49-61-55(58)46-40-34-28-23-22-25-31-37-43-51(4)5)62-56(59)47-41-35-29-21-17-13-12-14-18-24-30-36-42-50(2)3/h50-53H,7-49H2,1-6H3/t52?,53-/m1/s1. The third kappa shape index (κ3) is 47.9. The van der Waals surface area contributed by atoms with E-state index in [0.29, 0.717) is 19.3 Å². The molecule has 0 rings (SSSR count). The molecule has 6 nitrogen and oxygen atoms in total. The molecule has 0 aliphatic heterocycles. The fraction of sp³-hybridized carbons (Fsp3) is 0.946. The van der Waals surface area contributed by atoms with Gasteiger partial charge < -0.3 is 14.2 Å². The van der Waals surface area contributed by atoms with E-state index in [2.05, 4.69) is 41.5 Å². The van der Waals surface area contributed by atoms with Gasteiger partial charge in [-0.3, -0.25) is 14.4 Å². The first-order valence-electron chi connectivity index (χ1n) is 27.6. The van der Waals surface area contributed by atoms with E-state index in [1.165, 1.54) is 186 Å². The van der Waals surface area contributed by atoms with Crippen LogP contribution in [0.1, 0.15) is 305 Å². The van der Waals surface area contributed by atoms with E-state index in [1.807, 2.05) is 0 Å². The Morgan fingerprint density at radius 3 is 0.839 bits per heavy atom. The third-order valence-electron chi connectivity index (χ3n) is 13.0. The second-order valence-corrected chi connectivity index (χ2v) is 20.4. The predicted octanol–water partition coefficient (Wildman–Crippen LogP) is 17.9. The minimum Gasteiger partial charge on any atom is -0.462 e. The second-order valence-electron chi connectivity index (χ2n) is 20.4. The molecule has 0 radical (unpaired) electrons. The highest BCUT2D eigenvalue weighted by Gasteiger charge is 2.19. The Labute approximate surface area is 387 Å². The molecule has 0 saturated heterocycles. The summed E-state index contributed by atoms with van der Waals surface area (Å²) in [5.74, 6) is 1.67. The molecule has 368 valence electrons. The smallest absolute Gasteiger partial charge is 0.306 e. The van der Waals surface area contributed by atoms with Crippen molar-refractivity contribution in [1.82, 2.24) is 0 Å². The van der Waals surface area contributed by atoms with Gasteiger partial charge in [0.15, 0.2) is 6.10 Å². The van der Waals surface area contributed by atoms with E-state index >= 15 is 0 Å². The first-order valence-corrected chi connectivity index (χ1v) is 27.6. The van der Waals surface area contributed by atoms with Gasteiger partial charge in [-0.1, -0.05) is 266 Å². The van der Waals surface area contributed by atoms with Gasteiger partial charge >= 0.3 is 17.9 Å². The Kier molecular flexibility index (Phi) is 46.2. The number of esters is 3. The molecule has 0 aromatic carbocycles. The van der Waals surface area contributed by atoms with Gasteiger partial charge in [0.05, 0.1) is 0 Å². The van der Waals surface area contributed by atoms with E-state index in [4.69, 9.17) is 14.2 Å². The molecule has 0 N–H and O–H groups in total. The summed E-state index contributed by atoms with van der Waals surface area (Å²) >= 11 is 0. The zero-order chi connectivity index (χ0) is 45.6. The van der Waals surface area contributed by atoms with E-state index in [-0.39, 0.29) is 31.1 Å². The number of ether oxygens (including phenoxy) is 3. The lowest BCUT2D eigenvalue weighted by Crippen LogP contribution is -2.30. The van der Waals surface area contributed by atoms with Crippen LogP contribution in [-0.2, 0) is 28.6 Å². The monoisotopic (exact) mass is 877 g/mol. The molecule has 0 spiro atoms. The number of hydrogen-bond acceptors (Lipinski definition) is 6. The van der Waals surface area contributed by atoms with Gasteiger partial charge in [-0.2, -0.15) is 0 Å². The molecule has 0 aromatic heterocycles. The normalized spacial score (nSPS) is 12.6. The summed E-state index contributed by atoms with van der Waals surface area (Å²) in [6.07, 6.45) is 48.0. The van der Waals surface area contributed by atoms with Crippen LogP contribution >= 0.6 is 0 Å². The summed E-state index contributed by atoms with van der Waals surface area (Å²) in [6.45, 7) is 13.8. The van der Waals surface area contributed by atoms with E-state index in [1.54, 1.807) is 0 Å². The van der Waals surface area contributed by atoms with Crippen LogP contribution in [0.25, 0.3) is 0 Å². The van der Waals surface area contributed by atoms with Crippen molar-refractivity contribution < 1.29 is 28.6 Å². The van der Waals surface area contributed by atoms with Crippen LogP contribution in [0, 0.1) is 17.8 Å². The molecular weight excluding hydrogens is 769 g/mol. The van der Waals surface area contributed by atoms with E-state index in [9.17, 15) is 14.4 Å². The minimum absolute atomic E-state index is 0.0643. The Bertz CT molecular complexity index is 962. The SMILES string of the molecule is CCC(C)CCCCCCCCCCCCCCCCC(=O)OC[C@H](COC(=O)CCCCCCCCCCC(C)C)OC(=O)CCCCCCCCCCCCCCC(C)C. The summed E-state index contributed by atoms with van der Waals surface area (Å²) in [7, 11) is 0. The molecule has 0 aliphatic rings. The molecule has 0 fully saturated rings. The molecule has 0 aliphatic carbocycles. The lowest BCUT2D eigenvalue weighted by Gasteiger charge is -2.18. The van der Waals surface area contributed by atoms with Crippen molar-refractivity contribution in [3.63, 3.8) is 0 Å². The molecule has 0 aromatic rings. The van der Waals surface area contributed by atoms with Crippen molar-refractivity contribution in [3.8, 4) is 0 Å². The number of unbranched alkanes of at least 4 members (excludes halogenated alkanes) is 31. The maximum atomic E-state index is 12.8. The van der Waals surface area contributed by atoms with Crippen LogP contribution in [0.2, 0.25) is 0 Å². The molecule has 6 heteroatoms. The zero-order valence-electron chi connectivity index (χ0n) is 42.7. The zero-order valence-corrected chi connectivity index (χ0v) is 42.7. The molecule has 0 saturated carbocycles. The summed E-state index contributed by atoms with van der Waals surface area (Å²) in [5, 5.41) is 0. The van der Waals surface area contributed by atoms with Crippen molar-refractivity contribution in [1.29, 1.82) is 0 Å². The first kappa shape index (κ1) is 60.4. The predicted molar refractivity (Wildman–Crippen MR) is 266 cm³/mol. The highest BCUT2D eigenvalue weighted by molar-refractivity contribution is 5.71. The fourth-order valence-corrected chi connectivity index (χ4v) is 8.44. The maximum Gasteiger partial charge on any atom is 0.306 e. The average molecular weight is 877 g/mol. The van der Waals surface area contributed by atoms with Crippen molar-refractivity contribution in [2.45, 2.75) is 311 Å². The molecule has 62 heavy (non-hydrogen) atoms. The highest BCUT2D eigenvalue weighted by Crippen LogP contribution is 2.18. The van der Waals surface area contributed by atoms with E-state index in [0.717, 1.165) is 75.5 Å². The van der Waals surface area contributed by atoms with Crippen molar-refractivity contribution >= 4 is 17.9 Å². The quantitative estimate of drug-likeness (QED) is 0.0344. The van der Waals surface area contributed by atoms with Crippen LogP contribution in [0.15, 0.2) is 0 Å². The average Bonchev–Trinajstić information content (AvgIpc) is 3.24. The number of carbonyl (C=O) groups excluding carboxylic acids is 3. The number of rotatable bonds is 49. The van der Waals surface area contributed by atoms with Crippen LogP contribution in [0.3, 0.4) is 0 Å². The van der Waals surface area contributed by atoms with Crippen LogP contribution in [-0.4, -0.2) is 37.2 Å². The molecule has 2 atom stereocenters. The summed E-state index contributed by atoms with van der Waals surface area (Å²) in [6, 6.07) is 0. The van der Waals surface area contributed by atoms with Crippen molar-refractivity contribution in [2.24, 2.45) is 17.8 Å². The Morgan fingerprint density at radius 2 is 0.565 bits per heavy atom. The summed E-state index contributed by atoms with van der Waals surface area (Å²) in [5.41, 5.74) is 0. The van der Waals surface area contributed by atoms with Gasteiger partial charge in [-0.15, -0.1) is 0 Å². The largest absolute Gasteiger partial charge is 0.462 e. The van der Waals surface area contributed by atoms with E-state index < -0.39 is 6.10 Å². The number of hydrogen-bond donors (Lipinski definition) is 0. The second kappa shape index (κ2) is 47.4. The fourth-order valence-electron chi connectivity index (χ4n) is 8.44. The van der Waals surface area contributed by atoms with Crippen LogP contribution < -0.4 is 0 Å². The minimum atomic E-state index is -0.763. The van der Waals surface area contributed by atoms with Gasteiger partial charge in [0, 0.05) is 19.3 Å². The van der Waals surface area contributed by atoms with Crippen molar-refractivity contribution in [2.75, 3.05) is 13.2 Å². The van der Waals surface area contributed by atoms with Gasteiger partial charge in [-0.05, 0) is 37.0 Å². The summed E-state index contributed by atoms with van der Waals surface area (Å²) < 4.78 is 16.8. The molecular formula is C56H108O6. The molecule has 0 bridgehead atoms. The molecule has 0 amide bonds. The lowest BCUT2D eigenvalue weighted by atomic mass is 9.99. The molecule has 0 heterocycles. The maximum absolute atomic E-state index is 12.8. The Morgan fingerprint density at radius 1 is 0.323 bits per heavy atom. The summed E-state index contributed by atoms with van der Waals surface area (Å²) in [4.78, 5) is 38.0. The van der Waals surface area contributed by atoms with Crippen molar-refractivity contribution in [3.05, 3.63) is 0 Å². The first-order chi connectivity index (χ1) is 30.1. The van der Waals surface area contributed by atoms with Crippen LogP contribution in [0.4, 0.5) is 0 Å². The highest BCUT2D eigenvalue weighted by atomic mass is 16.6. The third-order valence-corrected chi connectivity index (χ3v) is 13.0. The van der Waals surface area contributed by atoms with Gasteiger partial charge in [-0.25, -0.2) is 0 Å². The van der Waals surface area contributed by atoms with Gasteiger partial charge in [0.1, 0.15) is 13.2 Å².